The molecule has 6 heteroatoms. The number of nitrogens with two attached hydrogens (primary N) is 1. The van der Waals surface area contributed by atoms with Crippen LogP contribution < -0.4 is 5.73 Å². The second-order valence-corrected chi connectivity index (χ2v) is 7.21. The summed E-state index contributed by atoms with van der Waals surface area (Å²) in [5.41, 5.74) is 7.37. The van der Waals surface area contributed by atoms with E-state index in [1.807, 2.05) is 4.90 Å². The van der Waals surface area contributed by atoms with Crippen molar-refractivity contribution in [1.29, 1.82) is 0 Å². The summed E-state index contributed by atoms with van der Waals surface area (Å²) in [6.45, 7) is 1.41. The fourth-order valence-electron chi connectivity index (χ4n) is 4.18. The number of nitrogens with zero attached hydrogens (tertiary/aromatic N) is 1. The van der Waals surface area contributed by atoms with E-state index in [9.17, 15) is 18.0 Å². The van der Waals surface area contributed by atoms with Crippen LogP contribution in [0.2, 0.25) is 0 Å². The topological polar surface area (TPSA) is 46.3 Å². The molecule has 1 heterocycles. The number of hydrogen-bond acceptors (Lipinski definition) is 2. The summed E-state index contributed by atoms with van der Waals surface area (Å²) >= 11 is 0. The average Bonchev–Trinajstić information content (AvgIpc) is 3.21. The minimum atomic E-state index is -1.49. The van der Waals surface area contributed by atoms with Crippen molar-refractivity contribution < 1.29 is 18.0 Å². The molecule has 136 valence electrons. The Hall–Kier alpha value is -2.34. The number of amides is 1. The van der Waals surface area contributed by atoms with Crippen LogP contribution in [0, 0.1) is 29.3 Å². The SMILES string of the molecule is NC1CCC2CN(C(=O)c3ccc(-c4cc(F)c(F)c(F)c4)cc3)CC12. The lowest BCUT2D eigenvalue weighted by Crippen LogP contribution is -2.33. The Morgan fingerprint density at radius 1 is 0.962 bits per heavy atom. The van der Waals surface area contributed by atoms with Crippen LogP contribution in [-0.4, -0.2) is 29.9 Å². The van der Waals surface area contributed by atoms with Crippen molar-refractivity contribution in [3.63, 3.8) is 0 Å². The number of hydrogen-bond donors (Lipinski definition) is 1. The molecule has 2 N–H and O–H groups in total. The third-order valence-electron chi connectivity index (χ3n) is 5.65. The van der Waals surface area contributed by atoms with E-state index in [4.69, 9.17) is 5.73 Å². The van der Waals surface area contributed by atoms with Gasteiger partial charge in [-0.2, -0.15) is 0 Å². The monoisotopic (exact) mass is 360 g/mol. The second kappa shape index (κ2) is 6.43. The van der Waals surface area contributed by atoms with Gasteiger partial charge in [-0.15, -0.1) is 0 Å². The Kier molecular flexibility index (Phi) is 4.23. The van der Waals surface area contributed by atoms with Gasteiger partial charge >= 0.3 is 0 Å². The highest BCUT2D eigenvalue weighted by atomic mass is 19.2. The molecule has 1 saturated carbocycles. The number of benzene rings is 2. The van der Waals surface area contributed by atoms with E-state index in [1.165, 1.54) is 0 Å². The van der Waals surface area contributed by atoms with E-state index in [0.717, 1.165) is 31.5 Å². The van der Waals surface area contributed by atoms with Gasteiger partial charge in [-0.3, -0.25) is 4.79 Å². The van der Waals surface area contributed by atoms with Gasteiger partial charge in [-0.1, -0.05) is 12.1 Å². The molecule has 3 unspecified atom stereocenters. The number of fused-ring (bicyclic) bond motifs is 1. The summed E-state index contributed by atoms with van der Waals surface area (Å²) in [7, 11) is 0. The number of rotatable bonds is 2. The predicted molar refractivity (Wildman–Crippen MR) is 91.8 cm³/mol. The molecule has 0 spiro atoms. The first-order valence-corrected chi connectivity index (χ1v) is 8.74. The fourth-order valence-corrected chi connectivity index (χ4v) is 4.18. The van der Waals surface area contributed by atoms with Gasteiger partial charge in [0.15, 0.2) is 17.5 Å². The van der Waals surface area contributed by atoms with Crippen LogP contribution >= 0.6 is 0 Å². The van der Waals surface area contributed by atoms with Crippen molar-refractivity contribution in [2.24, 2.45) is 17.6 Å². The van der Waals surface area contributed by atoms with Crippen LogP contribution in [0.25, 0.3) is 11.1 Å². The molecule has 0 aromatic heterocycles. The maximum atomic E-state index is 13.4. The Labute approximate surface area is 149 Å². The van der Waals surface area contributed by atoms with Crippen molar-refractivity contribution in [3.8, 4) is 11.1 Å². The van der Waals surface area contributed by atoms with Gasteiger partial charge in [0.2, 0.25) is 0 Å². The number of carbonyl (C=O) groups excluding carboxylic acids is 1. The standard InChI is InChI=1S/C20H19F3N2O/c21-16-7-14(8-17(22)19(16)23)11-1-3-12(4-2-11)20(26)25-9-13-5-6-18(24)15(13)10-25/h1-4,7-8,13,15,18H,5-6,9-10,24H2. The predicted octanol–water partition coefficient (Wildman–Crippen LogP) is 3.58. The lowest BCUT2D eigenvalue weighted by atomic mass is 9.98. The molecule has 2 aliphatic rings. The van der Waals surface area contributed by atoms with E-state index in [-0.39, 0.29) is 17.5 Å². The zero-order valence-corrected chi connectivity index (χ0v) is 14.1. The van der Waals surface area contributed by atoms with Crippen LogP contribution in [0.5, 0.6) is 0 Å². The lowest BCUT2D eigenvalue weighted by molar-refractivity contribution is 0.0779. The van der Waals surface area contributed by atoms with Crippen LogP contribution in [0.4, 0.5) is 13.2 Å². The normalized spacial score (nSPS) is 24.8. The van der Waals surface area contributed by atoms with Crippen LogP contribution in [-0.2, 0) is 0 Å². The molecule has 1 aliphatic heterocycles. The molecule has 0 bridgehead atoms. The molecular weight excluding hydrogens is 341 g/mol. The Balaban J connectivity index is 1.52. The lowest BCUT2D eigenvalue weighted by Gasteiger charge is -2.19. The van der Waals surface area contributed by atoms with E-state index in [1.54, 1.807) is 24.3 Å². The van der Waals surface area contributed by atoms with Gasteiger partial charge in [0.05, 0.1) is 0 Å². The van der Waals surface area contributed by atoms with Crippen molar-refractivity contribution in [2.75, 3.05) is 13.1 Å². The van der Waals surface area contributed by atoms with Gasteiger partial charge < -0.3 is 10.6 Å². The first kappa shape index (κ1) is 17.1. The summed E-state index contributed by atoms with van der Waals surface area (Å²) in [6, 6.07) is 8.54. The van der Waals surface area contributed by atoms with Crippen molar-refractivity contribution in [3.05, 3.63) is 59.4 Å². The summed E-state index contributed by atoms with van der Waals surface area (Å²) in [5.74, 6) is -3.16. The van der Waals surface area contributed by atoms with E-state index < -0.39 is 17.5 Å². The van der Waals surface area contributed by atoms with Crippen LogP contribution in [0.3, 0.4) is 0 Å². The van der Waals surface area contributed by atoms with Gasteiger partial charge in [0.1, 0.15) is 0 Å². The largest absolute Gasteiger partial charge is 0.338 e. The zero-order chi connectivity index (χ0) is 18.4. The van der Waals surface area contributed by atoms with E-state index >= 15 is 0 Å². The summed E-state index contributed by atoms with van der Waals surface area (Å²) in [5, 5.41) is 0. The number of halogens is 3. The van der Waals surface area contributed by atoms with Gasteiger partial charge in [0.25, 0.3) is 5.91 Å². The number of likely N-dealkylation sites (tertiary alicyclic amines) is 1. The fraction of sp³-hybridized carbons (Fsp3) is 0.350. The molecule has 1 aliphatic carbocycles. The van der Waals surface area contributed by atoms with Crippen molar-refractivity contribution in [2.45, 2.75) is 18.9 Å². The minimum Gasteiger partial charge on any atom is -0.338 e. The number of carbonyl (C=O) groups is 1. The molecule has 1 amide bonds. The third kappa shape index (κ3) is 2.88. The van der Waals surface area contributed by atoms with Gasteiger partial charge in [-0.05, 0) is 60.1 Å². The van der Waals surface area contributed by atoms with Gasteiger partial charge in [-0.25, -0.2) is 13.2 Å². The summed E-state index contributed by atoms with van der Waals surface area (Å²) in [6.07, 6.45) is 2.09. The first-order chi connectivity index (χ1) is 12.4. The molecule has 3 atom stereocenters. The maximum absolute atomic E-state index is 13.4. The molecule has 2 aromatic rings. The molecule has 2 fully saturated rings. The molecular formula is C20H19F3N2O. The maximum Gasteiger partial charge on any atom is 0.253 e. The smallest absolute Gasteiger partial charge is 0.253 e. The highest BCUT2D eigenvalue weighted by molar-refractivity contribution is 5.95. The van der Waals surface area contributed by atoms with Crippen molar-refractivity contribution >= 4 is 5.91 Å². The Morgan fingerprint density at radius 3 is 2.23 bits per heavy atom. The van der Waals surface area contributed by atoms with Gasteiger partial charge in [0, 0.05) is 24.7 Å². The first-order valence-electron chi connectivity index (χ1n) is 8.74. The average molecular weight is 360 g/mol. The van der Waals surface area contributed by atoms with Crippen LogP contribution in [0.15, 0.2) is 36.4 Å². The molecule has 26 heavy (non-hydrogen) atoms. The highest BCUT2D eigenvalue weighted by Crippen LogP contribution is 2.37. The Bertz CT molecular complexity index is 830. The highest BCUT2D eigenvalue weighted by Gasteiger charge is 2.42. The minimum absolute atomic E-state index is 0.0605. The second-order valence-electron chi connectivity index (χ2n) is 7.21. The zero-order valence-electron chi connectivity index (χ0n) is 14.1. The van der Waals surface area contributed by atoms with E-state index in [2.05, 4.69) is 0 Å². The summed E-state index contributed by atoms with van der Waals surface area (Å²) in [4.78, 5) is 14.5. The van der Waals surface area contributed by atoms with Crippen LogP contribution in [0.1, 0.15) is 23.2 Å². The van der Waals surface area contributed by atoms with E-state index in [0.29, 0.717) is 29.5 Å². The quantitative estimate of drug-likeness (QED) is 0.832. The molecule has 2 aromatic carbocycles. The van der Waals surface area contributed by atoms with Crippen molar-refractivity contribution in [1.82, 2.24) is 4.90 Å². The third-order valence-corrected chi connectivity index (χ3v) is 5.65. The Morgan fingerprint density at radius 2 is 1.62 bits per heavy atom. The molecule has 0 radical (unpaired) electrons. The molecule has 1 saturated heterocycles. The molecule has 4 rings (SSSR count). The summed E-state index contributed by atoms with van der Waals surface area (Å²) < 4.78 is 39.9. The molecule has 3 nitrogen and oxygen atoms in total.